The molecule has 0 amide bonds. The number of nitrogens with zero attached hydrogens (tertiary/aromatic N) is 7. The number of thioether (sulfide) groups is 1. The van der Waals surface area contributed by atoms with E-state index in [0.29, 0.717) is 40.2 Å². The molecule has 4 aromatic rings. The number of carbonyl (C=O) groups excluding carboxylic acids is 1. The molecule has 0 aliphatic carbocycles. The van der Waals surface area contributed by atoms with E-state index in [4.69, 9.17) is 19.9 Å². The molecule has 0 fully saturated rings. The topological polar surface area (TPSA) is 187 Å². The fourth-order valence-electron chi connectivity index (χ4n) is 4.58. The Hall–Kier alpha value is -4.70. The lowest BCUT2D eigenvalue weighted by atomic mass is 9.98. The second kappa shape index (κ2) is 16.8. The first-order chi connectivity index (χ1) is 23.7. The van der Waals surface area contributed by atoms with Crippen molar-refractivity contribution in [3.8, 4) is 22.5 Å². The number of hydrogen-bond acceptors (Lipinski definition) is 13. The lowest BCUT2D eigenvalue weighted by Crippen LogP contribution is -2.35. The highest BCUT2D eigenvalue weighted by atomic mass is 32.2. The van der Waals surface area contributed by atoms with Crippen LogP contribution in [0.4, 0.5) is 26.7 Å². The quantitative estimate of drug-likeness (QED) is 0.0541. The summed E-state index contributed by atoms with van der Waals surface area (Å²) in [5.74, 6) is -6.68. The van der Waals surface area contributed by atoms with Crippen LogP contribution < -0.4 is 0 Å². The first-order valence-electron chi connectivity index (χ1n) is 14.6. The molecule has 0 unspecified atom stereocenters. The van der Waals surface area contributed by atoms with Crippen LogP contribution in [0.25, 0.3) is 22.5 Å². The van der Waals surface area contributed by atoms with Crippen LogP contribution in [0, 0.1) is 0 Å². The highest BCUT2D eigenvalue weighted by Gasteiger charge is 2.62. The molecule has 0 aliphatic heterocycles. The lowest BCUT2D eigenvalue weighted by Gasteiger charge is -2.18. The Morgan fingerprint density at radius 1 is 0.960 bits per heavy atom. The summed E-state index contributed by atoms with van der Waals surface area (Å²) in [6, 6.07) is 13.4. The van der Waals surface area contributed by atoms with Crippen molar-refractivity contribution in [3.05, 3.63) is 71.3 Å². The molecular formula is C29H30F5N7O8S. The molecule has 4 rings (SSSR count). The summed E-state index contributed by atoms with van der Waals surface area (Å²) >= 11 is 1.33. The van der Waals surface area contributed by atoms with Crippen molar-refractivity contribution in [3.63, 3.8) is 0 Å². The number of aromatic carboxylic acids is 1. The van der Waals surface area contributed by atoms with E-state index >= 15 is 0 Å². The average Bonchev–Trinajstić information content (AvgIpc) is 3.69. The van der Waals surface area contributed by atoms with Crippen LogP contribution in [0.15, 0.2) is 48.5 Å². The minimum atomic E-state index is -6.04. The van der Waals surface area contributed by atoms with Gasteiger partial charge in [0, 0.05) is 30.0 Å². The van der Waals surface area contributed by atoms with Gasteiger partial charge >= 0.3 is 24.2 Å². The molecule has 2 heterocycles. The summed E-state index contributed by atoms with van der Waals surface area (Å²) in [6.07, 6.45) is -6.74. The number of alkyl halides is 5. The molecule has 2 aromatic heterocycles. The number of halogens is 5. The Labute approximate surface area is 284 Å². The lowest BCUT2D eigenvalue weighted by molar-refractivity contribution is -0.490. The standard InChI is InChI=1S/C29H30F5N7O8S/c1-2-5-22-35-24(28(30,31)29(32,33)34)23(26(42)43)39(22)16-18-8-10-19(11-9-18)20-6-3-4-7-21(20)25-36-38-40(37-25)17-48-27(44)47-12-14-50-15-13-49-41(45)46/h3-4,6-11,45-46H,2,5,12-17H2,1H3,(H,42,43). The monoisotopic (exact) mass is 731 g/mol. The number of benzene rings is 2. The van der Waals surface area contributed by atoms with Gasteiger partial charge in [0.05, 0.1) is 12.0 Å². The average molecular weight is 732 g/mol. The Morgan fingerprint density at radius 2 is 1.64 bits per heavy atom. The first kappa shape index (κ1) is 38.1. The highest BCUT2D eigenvalue weighted by molar-refractivity contribution is 7.99. The molecule has 0 saturated carbocycles. The van der Waals surface area contributed by atoms with Crippen molar-refractivity contribution >= 4 is 23.9 Å². The van der Waals surface area contributed by atoms with E-state index in [0.717, 1.165) is 9.36 Å². The van der Waals surface area contributed by atoms with Gasteiger partial charge in [-0.05, 0) is 28.3 Å². The molecule has 21 heteroatoms. The Morgan fingerprint density at radius 3 is 2.28 bits per heavy atom. The molecule has 50 heavy (non-hydrogen) atoms. The van der Waals surface area contributed by atoms with Gasteiger partial charge in [0.25, 0.3) is 0 Å². The van der Waals surface area contributed by atoms with Gasteiger partial charge in [-0.25, -0.2) is 19.4 Å². The SMILES string of the molecule is CCCc1nc(C(F)(F)C(F)(F)F)c(C(=O)O)n1Cc1ccc(-c2ccccc2-c2nnn(COC(=O)OCCSCCON(O)O)n2)cc1. The van der Waals surface area contributed by atoms with Crippen molar-refractivity contribution in [1.82, 2.24) is 35.1 Å². The number of carboxylic acids is 1. The van der Waals surface area contributed by atoms with Gasteiger partial charge in [-0.1, -0.05) is 55.5 Å². The van der Waals surface area contributed by atoms with Gasteiger partial charge in [-0.3, -0.25) is 10.4 Å². The Balaban J connectivity index is 1.45. The second-order valence-corrected chi connectivity index (χ2v) is 11.5. The number of ether oxygens (including phenoxy) is 2. The number of carboxylic acid groups (broad SMARTS) is 1. The molecule has 0 aliphatic rings. The molecule has 2 aromatic carbocycles. The molecule has 0 bridgehead atoms. The fourth-order valence-corrected chi connectivity index (χ4v) is 5.18. The van der Waals surface area contributed by atoms with E-state index < -0.39 is 47.7 Å². The number of hydrogen-bond donors (Lipinski definition) is 3. The third kappa shape index (κ3) is 9.50. The third-order valence-corrected chi connectivity index (χ3v) is 7.69. The predicted molar refractivity (Wildman–Crippen MR) is 162 cm³/mol. The van der Waals surface area contributed by atoms with Gasteiger partial charge in [-0.2, -0.15) is 33.7 Å². The van der Waals surface area contributed by atoms with E-state index in [2.05, 4.69) is 25.2 Å². The second-order valence-electron chi connectivity index (χ2n) is 10.2. The molecule has 0 spiro atoms. The minimum absolute atomic E-state index is 0.0195. The van der Waals surface area contributed by atoms with Gasteiger partial charge in [0.1, 0.15) is 12.4 Å². The number of aryl methyl sites for hydroxylation is 1. The zero-order valence-electron chi connectivity index (χ0n) is 26.1. The van der Waals surface area contributed by atoms with Crippen LogP contribution in [0.2, 0.25) is 0 Å². The van der Waals surface area contributed by atoms with Crippen LogP contribution in [-0.2, 0) is 39.9 Å². The summed E-state index contributed by atoms with van der Waals surface area (Å²) in [7, 11) is 0. The molecule has 15 nitrogen and oxygen atoms in total. The predicted octanol–water partition coefficient (Wildman–Crippen LogP) is 5.41. The van der Waals surface area contributed by atoms with E-state index in [1.165, 1.54) is 11.8 Å². The highest BCUT2D eigenvalue weighted by Crippen LogP contribution is 2.45. The Bertz CT molecular complexity index is 1750. The maximum Gasteiger partial charge on any atom is 0.510 e. The maximum atomic E-state index is 14.3. The largest absolute Gasteiger partial charge is 0.510 e. The molecule has 3 N–H and O–H groups in total. The van der Waals surface area contributed by atoms with E-state index in [9.17, 15) is 36.6 Å². The zero-order chi connectivity index (χ0) is 36.5. The van der Waals surface area contributed by atoms with Crippen molar-refractivity contribution in [2.75, 3.05) is 24.7 Å². The van der Waals surface area contributed by atoms with Crippen LogP contribution in [-0.4, -0.2) is 93.7 Å². The number of aromatic nitrogens is 6. The molecular weight excluding hydrogens is 701 g/mol. The van der Waals surface area contributed by atoms with Gasteiger partial charge in [0.15, 0.2) is 11.4 Å². The summed E-state index contributed by atoms with van der Waals surface area (Å²) in [5.41, 5.74) is -0.875. The van der Waals surface area contributed by atoms with Crippen molar-refractivity contribution in [2.24, 2.45) is 0 Å². The van der Waals surface area contributed by atoms with Gasteiger partial charge < -0.3 is 19.1 Å². The Kier molecular flexibility index (Phi) is 12.8. The number of imidazole rings is 1. The number of rotatable bonds is 17. The zero-order valence-corrected chi connectivity index (χ0v) is 26.9. The number of carbonyl (C=O) groups is 2. The van der Waals surface area contributed by atoms with E-state index in [1.54, 1.807) is 55.5 Å². The summed E-state index contributed by atoms with van der Waals surface area (Å²) in [6.45, 7) is 0.960. The summed E-state index contributed by atoms with van der Waals surface area (Å²) < 4.78 is 79.1. The van der Waals surface area contributed by atoms with Crippen molar-refractivity contribution < 1.29 is 61.4 Å². The third-order valence-electron chi connectivity index (χ3n) is 6.78. The fraction of sp³-hybridized carbons (Fsp3) is 0.379. The van der Waals surface area contributed by atoms with Crippen LogP contribution >= 0.6 is 11.8 Å². The van der Waals surface area contributed by atoms with Gasteiger partial charge in [0.2, 0.25) is 12.6 Å². The molecule has 270 valence electrons. The van der Waals surface area contributed by atoms with Crippen molar-refractivity contribution in [1.29, 1.82) is 0 Å². The number of tetrazole rings is 1. The summed E-state index contributed by atoms with van der Waals surface area (Å²) in [5, 5.41) is 38.3. The first-order valence-corrected chi connectivity index (χ1v) is 15.8. The smallest absolute Gasteiger partial charge is 0.477 e. The van der Waals surface area contributed by atoms with Crippen LogP contribution in [0.5, 0.6) is 0 Å². The van der Waals surface area contributed by atoms with Crippen molar-refractivity contribution in [2.45, 2.75) is 45.1 Å². The summed E-state index contributed by atoms with van der Waals surface area (Å²) in [4.78, 5) is 32.7. The van der Waals surface area contributed by atoms with Crippen LogP contribution in [0.1, 0.15) is 40.9 Å². The van der Waals surface area contributed by atoms with Gasteiger partial charge in [-0.15, -0.1) is 15.0 Å². The minimum Gasteiger partial charge on any atom is -0.477 e. The molecule has 0 atom stereocenters. The van der Waals surface area contributed by atoms with Crippen LogP contribution in [0.3, 0.4) is 0 Å². The van der Waals surface area contributed by atoms with E-state index in [-0.39, 0.29) is 37.8 Å². The maximum absolute atomic E-state index is 14.3. The molecule has 0 radical (unpaired) electrons. The van der Waals surface area contributed by atoms with E-state index in [1.807, 2.05) is 0 Å². The normalized spacial score (nSPS) is 12.0. The molecule has 0 saturated heterocycles.